The van der Waals surface area contributed by atoms with Crippen LogP contribution in [0.5, 0.6) is 0 Å². The van der Waals surface area contributed by atoms with Gasteiger partial charge < -0.3 is 0 Å². The lowest BCUT2D eigenvalue weighted by Crippen LogP contribution is -2.00. The number of hydrogen-bond donors (Lipinski definition) is 0. The fourth-order valence-electron chi connectivity index (χ4n) is 5.96. The molecule has 0 aromatic heterocycles. The van der Waals surface area contributed by atoms with Crippen molar-refractivity contribution in [3.63, 3.8) is 0 Å². The zero-order valence-electron chi connectivity index (χ0n) is 26.8. The fraction of sp³-hybridized carbons (Fsp3) is 0.973. The van der Waals surface area contributed by atoms with Gasteiger partial charge in [0.15, 0.2) is 0 Å². The molecule has 0 aromatic carbocycles. The zero-order valence-corrected chi connectivity index (χ0v) is 26.8. The highest BCUT2D eigenvalue weighted by Crippen LogP contribution is 2.21. The van der Waals surface area contributed by atoms with Gasteiger partial charge in [0.2, 0.25) is 0 Å². The third-order valence-corrected chi connectivity index (χ3v) is 8.76. The van der Waals surface area contributed by atoms with Crippen LogP contribution in [0.4, 0.5) is 0 Å². The van der Waals surface area contributed by atoms with Gasteiger partial charge in [0.05, 0.1) is 0 Å². The standard InChI is InChI=1S/C37H75/c1-4-7-9-11-13-15-17-19-21-22-24-26-28-30-32-34-36-37(6-3)35-33-31-29-27-25-23-20-18-16-14-12-10-8-5-2/h35,37H,4-34,36H2,1-3H3. The summed E-state index contributed by atoms with van der Waals surface area (Å²) in [5, 5.41) is 0. The van der Waals surface area contributed by atoms with Crippen LogP contribution in [0, 0.1) is 12.3 Å². The third kappa shape index (κ3) is 32.1. The second-order valence-electron chi connectivity index (χ2n) is 12.5. The highest BCUT2D eigenvalue weighted by Gasteiger charge is 2.06. The molecule has 0 N–H and O–H groups in total. The van der Waals surface area contributed by atoms with Crippen molar-refractivity contribution in [3.05, 3.63) is 6.42 Å². The van der Waals surface area contributed by atoms with Crippen molar-refractivity contribution in [1.82, 2.24) is 0 Å². The summed E-state index contributed by atoms with van der Waals surface area (Å²) in [6, 6.07) is 0. The molecule has 1 unspecified atom stereocenters. The fourth-order valence-corrected chi connectivity index (χ4v) is 5.96. The molecular weight excluding hydrogens is 444 g/mol. The Balaban J connectivity index is 3.25. The zero-order chi connectivity index (χ0) is 26.9. The SMILES string of the molecule is CCCCCCCCCCCCCCC[CH]C(CC)CCCCCCCCCCCCCCCCCC. The van der Waals surface area contributed by atoms with Crippen molar-refractivity contribution < 1.29 is 0 Å². The monoisotopic (exact) mass is 520 g/mol. The van der Waals surface area contributed by atoms with E-state index in [2.05, 4.69) is 27.2 Å². The molecule has 0 heterocycles. The summed E-state index contributed by atoms with van der Waals surface area (Å²) >= 11 is 0. The number of hydrogen-bond acceptors (Lipinski definition) is 0. The maximum absolute atomic E-state index is 2.68. The lowest BCUT2D eigenvalue weighted by molar-refractivity contribution is 0.463. The van der Waals surface area contributed by atoms with E-state index < -0.39 is 0 Å². The Morgan fingerprint density at radius 1 is 0.324 bits per heavy atom. The van der Waals surface area contributed by atoms with Crippen LogP contribution in [-0.4, -0.2) is 0 Å². The van der Waals surface area contributed by atoms with E-state index >= 15 is 0 Å². The Morgan fingerprint density at radius 3 is 0.892 bits per heavy atom. The van der Waals surface area contributed by atoms with Crippen molar-refractivity contribution in [2.45, 2.75) is 226 Å². The molecule has 0 spiro atoms. The molecule has 0 fully saturated rings. The third-order valence-electron chi connectivity index (χ3n) is 8.76. The lowest BCUT2D eigenvalue weighted by Gasteiger charge is -2.14. The van der Waals surface area contributed by atoms with E-state index in [0.29, 0.717) is 0 Å². The first kappa shape index (κ1) is 37.0. The van der Waals surface area contributed by atoms with E-state index in [0.717, 1.165) is 5.92 Å². The van der Waals surface area contributed by atoms with Crippen molar-refractivity contribution in [2.75, 3.05) is 0 Å². The van der Waals surface area contributed by atoms with Crippen molar-refractivity contribution in [2.24, 2.45) is 5.92 Å². The molecule has 223 valence electrons. The predicted octanol–water partition coefficient (Wildman–Crippen LogP) is 14.3. The van der Waals surface area contributed by atoms with Crippen molar-refractivity contribution in [1.29, 1.82) is 0 Å². The molecule has 0 saturated carbocycles. The first-order valence-electron chi connectivity index (χ1n) is 18.2. The van der Waals surface area contributed by atoms with Gasteiger partial charge in [0, 0.05) is 0 Å². The van der Waals surface area contributed by atoms with E-state index in [4.69, 9.17) is 0 Å². The van der Waals surface area contributed by atoms with Crippen LogP contribution >= 0.6 is 0 Å². The van der Waals surface area contributed by atoms with Gasteiger partial charge in [-0.05, 0) is 18.8 Å². The summed E-state index contributed by atoms with van der Waals surface area (Å²) in [4.78, 5) is 0. The van der Waals surface area contributed by atoms with Crippen LogP contribution in [0.15, 0.2) is 0 Å². The molecule has 1 radical (unpaired) electrons. The Hall–Kier alpha value is 0. The normalized spacial score (nSPS) is 12.4. The molecule has 0 aliphatic carbocycles. The van der Waals surface area contributed by atoms with Gasteiger partial charge in [-0.25, -0.2) is 0 Å². The topological polar surface area (TPSA) is 0 Å². The largest absolute Gasteiger partial charge is 0.0654 e. The van der Waals surface area contributed by atoms with E-state index in [-0.39, 0.29) is 0 Å². The Labute approximate surface area is 238 Å². The minimum Gasteiger partial charge on any atom is -0.0654 e. The second-order valence-corrected chi connectivity index (χ2v) is 12.5. The summed E-state index contributed by atoms with van der Waals surface area (Å²) in [5.41, 5.74) is 0. The lowest BCUT2D eigenvalue weighted by atomic mass is 9.92. The molecular formula is C37H75. The van der Waals surface area contributed by atoms with Crippen LogP contribution in [0.1, 0.15) is 226 Å². The molecule has 0 nitrogen and oxygen atoms in total. The Bertz CT molecular complexity index is 372. The van der Waals surface area contributed by atoms with Crippen LogP contribution in [0.3, 0.4) is 0 Å². The maximum atomic E-state index is 2.68. The van der Waals surface area contributed by atoms with Gasteiger partial charge in [-0.3, -0.25) is 0 Å². The molecule has 0 aliphatic heterocycles. The minimum atomic E-state index is 0.893. The Kier molecular flexibility index (Phi) is 34.0. The van der Waals surface area contributed by atoms with E-state index in [1.165, 1.54) is 205 Å². The van der Waals surface area contributed by atoms with E-state index in [1.54, 1.807) is 0 Å². The van der Waals surface area contributed by atoms with Gasteiger partial charge in [-0.2, -0.15) is 0 Å². The van der Waals surface area contributed by atoms with Crippen LogP contribution in [-0.2, 0) is 0 Å². The number of rotatable bonds is 33. The highest BCUT2D eigenvalue weighted by atomic mass is 14.1. The molecule has 0 heteroatoms. The van der Waals surface area contributed by atoms with Gasteiger partial charge in [-0.1, -0.05) is 220 Å². The number of unbranched alkanes of at least 4 members (excludes halogenated alkanes) is 28. The van der Waals surface area contributed by atoms with Crippen molar-refractivity contribution in [3.8, 4) is 0 Å². The van der Waals surface area contributed by atoms with Gasteiger partial charge in [0.1, 0.15) is 0 Å². The average molecular weight is 520 g/mol. The first-order valence-corrected chi connectivity index (χ1v) is 18.2. The van der Waals surface area contributed by atoms with Crippen LogP contribution in [0.25, 0.3) is 0 Å². The van der Waals surface area contributed by atoms with Gasteiger partial charge >= 0.3 is 0 Å². The van der Waals surface area contributed by atoms with Crippen LogP contribution < -0.4 is 0 Å². The molecule has 0 aliphatic rings. The summed E-state index contributed by atoms with van der Waals surface area (Å²) in [6.45, 7) is 7.02. The first-order chi connectivity index (χ1) is 18.3. The molecule has 0 bridgehead atoms. The Morgan fingerprint density at radius 2 is 0.595 bits per heavy atom. The summed E-state index contributed by atoms with van der Waals surface area (Å²) in [6.07, 6.45) is 49.4. The summed E-state index contributed by atoms with van der Waals surface area (Å²) in [5.74, 6) is 0.893. The second kappa shape index (κ2) is 34.0. The van der Waals surface area contributed by atoms with E-state index in [9.17, 15) is 0 Å². The molecule has 0 rings (SSSR count). The quantitative estimate of drug-likeness (QED) is 0.0756. The molecule has 0 saturated heterocycles. The smallest absolute Gasteiger partial charge is 0.0355 e. The van der Waals surface area contributed by atoms with E-state index in [1.807, 2.05) is 0 Å². The van der Waals surface area contributed by atoms with Gasteiger partial charge in [0.25, 0.3) is 0 Å². The van der Waals surface area contributed by atoms with Gasteiger partial charge in [-0.15, -0.1) is 0 Å². The minimum absolute atomic E-state index is 0.893. The van der Waals surface area contributed by atoms with Crippen LogP contribution in [0.2, 0.25) is 0 Å². The van der Waals surface area contributed by atoms with Crippen molar-refractivity contribution >= 4 is 0 Å². The maximum Gasteiger partial charge on any atom is -0.0355 e. The molecule has 1 atom stereocenters. The molecule has 0 amide bonds. The summed E-state index contributed by atoms with van der Waals surface area (Å²) < 4.78 is 0. The summed E-state index contributed by atoms with van der Waals surface area (Å²) in [7, 11) is 0. The predicted molar refractivity (Wildman–Crippen MR) is 173 cm³/mol. The average Bonchev–Trinajstić information content (AvgIpc) is 2.91. The molecule has 37 heavy (non-hydrogen) atoms. The highest BCUT2D eigenvalue weighted by molar-refractivity contribution is 4.75. The molecule has 0 aromatic rings.